The second kappa shape index (κ2) is 6.64. The van der Waals surface area contributed by atoms with Gasteiger partial charge in [0.15, 0.2) is 0 Å². The van der Waals surface area contributed by atoms with Crippen molar-refractivity contribution in [1.82, 2.24) is 0 Å². The fraction of sp³-hybridized carbons (Fsp3) is 0.350. The Morgan fingerprint density at radius 3 is 2.48 bits per heavy atom. The van der Waals surface area contributed by atoms with E-state index in [0.29, 0.717) is 12.1 Å². The van der Waals surface area contributed by atoms with Gasteiger partial charge >= 0.3 is 0 Å². The molecule has 0 aromatic heterocycles. The van der Waals surface area contributed by atoms with E-state index in [-0.39, 0.29) is 22.8 Å². The van der Waals surface area contributed by atoms with E-state index in [4.69, 9.17) is 0 Å². The van der Waals surface area contributed by atoms with E-state index in [0.717, 1.165) is 30.5 Å². The number of nitrogens with zero attached hydrogens (tertiary/aromatic N) is 1. The van der Waals surface area contributed by atoms with Gasteiger partial charge in [-0.1, -0.05) is 6.42 Å². The minimum absolute atomic E-state index is 0.0242. The van der Waals surface area contributed by atoms with Gasteiger partial charge in [-0.2, -0.15) is 0 Å². The number of fused-ring (bicyclic) bond motifs is 1. The molecule has 1 atom stereocenters. The highest BCUT2D eigenvalue weighted by atomic mass is 32.2. The van der Waals surface area contributed by atoms with Gasteiger partial charge in [0.05, 0.1) is 4.90 Å². The SMILES string of the molecule is C[C@@H]1Cc2cc(S(=O)(=O)Nc3ccc(F)cc3)ccc2N1C(=O)C1CCC1. The summed E-state index contributed by atoms with van der Waals surface area (Å²) in [6.45, 7) is 1.99. The molecule has 2 aliphatic rings. The lowest BCUT2D eigenvalue weighted by molar-refractivity contribution is -0.125. The number of hydrogen-bond acceptors (Lipinski definition) is 3. The molecule has 5 nitrogen and oxygen atoms in total. The monoisotopic (exact) mass is 388 g/mol. The lowest BCUT2D eigenvalue weighted by atomic mass is 9.84. The Bertz CT molecular complexity index is 985. The Hall–Kier alpha value is -2.41. The number of sulfonamides is 1. The lowest BCUT2D eigenvalue weighted by Crippen LogP contribution is -2.42. The second-order valence-corrected chi connectivity index (χ2v) is 8.97. The van der Waals surface area contributed by atoms with Crippen molar-refractivity contribution in [3.05, 3.63) is 53.8 Å². The van der Waals surface area contributed by atoms with Crippen LogP contribution in [-0.2, 0) is 21.2 Å². The summed E-state index contributed by atoms with van der Waals surface area (Å²) in [4.78, 5) is 14.7. The molecule has 1 fully saturated rings. The van der Waals surface area contributed by atoms with Crippen LogP contribution in [0.2, 0.25) is 0 Å². The predicted octanol–water partition coefficient (Wildman–Crippen LogP) is 3.70. The highest BCUT2D eigenvalue weighted by Crippen LogP contribution is 2.38. The maximum Gasteiger partial charge on any atom is 0.261 e. The van der Waals surface area contributed by atoms with Crippen LogP contribution in [-0.4, -0.2) is 20.4 Å². The van der Waals surface area contributed by atoms with E-state index >= 15 is 0 Å². The van der Waals surface area contributed by atoms with Gasteiger partial charge in [-0.15, -0.1) is 0 Å². The summed E-state index contributed by atoms with van der Waals surface area (Å²) in [6.07, 6.45) is 3.60. The minimum Gasteiger partial charge on any atom is -0.309 e. The molecule has 1 heterocycles. The van der Waals surface area contributed by atoms with Gasteiger partial charge in [0, 0.05) is 23.3 Å². The second-order valence-electron chi connectivity index (χ2n) is 7.29. The van der Waals surface area contributed by atoms with Crippen molar-refractivity contribution < 1.29 is 17.6 Å². The third kappa shape index (κ3) is 3.32. The third-order valence-electron chi connectivity index (χ3n) is 5.37. The van der Waals surface area contributed by atoms with Crippen LogP contribution in [0.15, 0.2) is 47.4 Å². The molecule has 0 saturated heterocycles. The maximum atomic E-state index is 13.0. The van der Waals surface area contributed by atoms with Crippen LogP contribution in [0, 0.1) is 11.7 Å². The van der Waals surface area contributed by atoms with Crippen LogP contribution < -0.4 is 9.62 Å². The number of halogens is 1. The highest BCUT2D eigenvalue weighted by Gasteiger charge is 2.37. The first-order chi connectivity index (χ1) is 12.8. The topological polar surface area (TPSA) is 66.5 Å². The van der Waals surface area contributed by atoms with Crippen molar-refractivity contribution in [2.45, 2.75) is 43.5 Å². The van der Waals surface area contributed by atoms with Crippen molar-refractivity contribution in [3.63, 3.8) is 0 Å². The third-order valence-corrected chi connectivity index (χ3v) is 6.74. The first-order valence-electron chi connectivity index (χ1n) is 9.09. The molecule has 1 N–H and O–H groups in total. The number of carbonyl (C=O) groups excluding carboxylic acids is 1. The van der Waals surface area contributed by atoms with Gasteiger partial charge in [0.2, 0.25) is 5.91 Å². The van der Waals surface area contributed by atoms with Crippen molar-refractivity contribution in [1.29, 1.82) is 0 Å². The molecule has 0 unspecified atom stereocenters. The van der Waals surface area contributed by atoms with E-state index in [1.165, 1.54) is 30.3 Å². The zero-order chi connectivity index (χ0) is 19.2. The van der Waals surface area contributed by atoms with Crippen LogP contribution >= 0.6 is 0 Å². The normalized spacial score (nSPS) is 19.5. The highest BCUT2D eigenvalue weighted by molar-refractivity contribution is 7.92. The van der Waals surface area contributed by atoms with Crippen LogP contribution in [0.25, 0.3) is 0 Å². The Morgan fingerprint density at radius 2 is 1.85 bits per heavy atom. The van der Waals surface area contributed by atoms with Gasteiger partial charge in [-0.05, 0) is 74.2 Å². The number of anilines is 2. The fourth-order valence-corrected chi connectivity index (χ4v) is 4.80. The maximum absolute atomic E-state index is 13.0. The van der Waals surface area contributed by atoms with Crippen molar-refractivity contribution in [2.24, 2.45) is 5.92 Å². The Labute approximate surface area is 158 Å². The van der Waals surface area contributed by atoms with Crippen molar-refractivity contribution >= 4 is 27.3 Å². The number of rotatable bonds is 4. The van der Waals surface area contributed by atoms with Gasteiger partial charge in [-0.3, -0.25) is 9.52 Å². The Morgan fingerprint density at radius 1 is 1.15 bits per heavy atom. The summed E-state index contributed by atoms with van der Waals surface area (Å²) in [5.41, 5.74) is 1.96. The molecule has 142 valence electrons. The summed E-state index contributed by atoms with van der Waals surface area (Å²) in [6, 6.07) is 10.0. The zero-order valence-electron chi connectivity index (χ0n) is 15.0. The fourth-order valence-electron chi connectivity index (χ4n) is 3.69. The van der Waals surface area contributed by atoms with Gasteiger partial charge in [0.25, 0.3) is 10.0 Å². The van der Waals surface area contributed by atoms with E-state index in [2.05, 4.69) is 4.72 Å². The minimum atomic E-state index is -3.79. The molecule has 2 aromatic rings. The summed E-state index contributed by atoms with van der Waals surface area (Å²) < 4.78 is 40.8. The molecule has 0 spiro atoms. The standard InChI is InChI=1S/C20H21FN2O3S/c1-13-11-15-12-18(27(25,26)22-17-7-5-16(21)6-8-17)9-10-19(15)23(13)20(24)14-3-2-4-14/h5-10,12-14,22H,2-4,11H2,1H3/t13-/m1/s1. The Balaban J connectivity index is 1.60. The summed E-state index contributed by atoms with van der Waals surface area (Å²) in [5, 5.41) is 0. The van der Waals surface area contributed by atoms with E-state index in [1.54, 1.807) is 12.1 Å². The zero-order valence-corrected chi connectivity index (χ0v) is 15.8. The smallest absolute Gasteiger partial charge is 0.261 e. The van der Waals surface area contributed by atoms with Gasteiger partial charge in [0.1, 0.15) is 5.82 Å². The number of carbonyl (C=O) groups is 1. The van der Waals surface area contributed by atoms with Crippen LogP contribution in [0.4, 0.5) is 15.8 Å². The Kier molecular flexibility index (Phi) is 4.42. The van der Waals surface area contributed by atoms with Gasteiger partial charge in [-0.25, -0.2) is 12.8 Å². The molecule has 4 rings (SSSR count). The van der Waals surface area contributed by atoms with Crippen LogP contribution in [0.1, 0.15) is 31.7 Å². The molecule has 7 heteroatoms. The molecular weight excluding hydrogens is 367 g/mol. The quantitative estimate of drug-likeness (QED) is 0.868. The molecular formula is C20H21FN2O3S. The average molecular weight is 388 g/mol. The lowest BCUT2D eigenvalue weighted by Gasteiger charge is -2.32. The molecule has 27 heavy (non-hydrogen) atoms. The number of nitrogens with one attached hydrogen (secondary N) is 1. The number of hydrogen-bond donors (Lipinski definition) is 1. The number of benzene rings is 2. The van der Waals surface area contributed by atoms with Crippen molar-refractivity contribution in [2.75, 3.05) is 9.62 Å². The molecule has 1 aliphatic heterocycles. The molecule has 0 bridgehead atoms. The molecule has 2 aromatic carbocycles. The molecule has 0 radical (unpaired) electrons. The number of amides is 1. The van der Waals surface area contributed by atoms with Crippen LogP contribution in [0.5, 0.6) is 0 Å². The van der Waals surface area contributed by atoms with E-state index in [9.17, 15) is 17.6 Å². The largest absolute Gasteiger partial charge is 0.309 e. The molecule has 1 saturated carbocycles. The first-order valence-corrected chi connectivity index (χ1v) is 10.6. The molecule has 1 amide bonds. The molecule has 1 aliphatic carbocycles. The van der Waals surface area contributed by atoms with E-state index in [1.807, 2.05) is 11.8 Å². The summed E-state index contributed by atoms with van der Waals surface area (Å²) in [7, 11) is -3.79. The van der Waals surface area contributed by atoms with Crippen molar-refractivity contribution in [3.8, 4) is 0 Å². The predicted molar refractivity (Wildman–Crippen MR) is 102 cm³/mol. The summed E-state index contributed by atoms with van der Waals surface area (Å²) >= 11 is 0. The first kappa shape index (κ1) is 18.0. The van der Waals surface area contributed by atoms with Crippen LogP contribution in [0.3, 0.4) is 0 Å². The van der Waals surface area contributed by atoms with Gasteiger partial charge < -0.3 is 4.90 Å². The van der Waals surface area contributed by atoms with E-state index < -0.39 is 15.8 Å². The summed E-state index contributed by atoms with van der Waals surface area (Å²) in [5.74, 6) is -0.185. The average Bonchev–Trinajstić information content (AvgIpc) is 2.90.